The zero-order chi connectivity index (χ0) is 14.0. The molecule has 1 saturated heterocycles. The van der Waals surface area contributed by atoms with Gasteiger partial charge in [0.25, 0.3) is 0 Å². The van der Waals surface area contributed by atoms with Gasteiger partial charge in [0, 0.05) is 25.7 Å². The van der Waals surface area contributed by atoms with Crippen molar-refractivity contribution < 1.29 is 14.7 Å². The third kappa shape index (κ3) is 2.70. The fourth-order valence-electron chi connectivity index (χ4n) is 2.40. The number of hydrogen-bond acceptors (Lipinski definition) is 2. The van der Waals surface area contributed by atoms with Crippen molar-refractivity contribution in [1.29, 1.82) is 0 Å². The van der Waals surface area contributed by atoms with E-state index in [2.05, 4.69) is 0 Å². The number of para-hydroxylation sites is 1. The number of carbonyl (C=O) groups excluding carboxylic acids is 1. The number of likely N-dealkylation sites (N-methyl/N-ethyl adjacent to an activating group) is 1. The van der Waals surface area contributed by atoms with Crippen molar-refractivity contribution in [1.82, 2.24) is 4.90 Å². The molecule has 19 heavy (non-hydrogen) atoms. The van der Waals surface area contributed by atoms with Crippen LogP contribution in [0.2, 0.25) is 0 Å². The lowest BCUT2D eigenvalue weighted by Gasteiger charge is -2.18. The zero-order valence-electron chi connectivity index (χ0n) is 11.2. The summed E-state index contributed by atoms with van der Waals surface area (Å²) in [7, 11) is 1.73. The van der Waals surface area contributed by atoms with Crippen molar-refractivity contribution >= 4 is 17.7 Å². The molecule has 1 N–H and O–H groups in total. The molecule has 1 aromatic rings. The molecule has 102 valence electrons. The number of rotatable bonds is 4. The number of anilines is 1. The van der Waals surface area contributed by atoms with Gasteiger partial charge in [-0.15, -0.1) is 0 Å². The van der Waals surface area contributed by atoms with Crippen LogP contribution in [0.25, 0.3) is 0 Å². The minimum Gasteiger partial charge on any atom is -0.481 e. The van der Waals surface area contributed by atoms with E-state index in [9.17, 15) is 9.59 Å². The first kappa shape index (κ1) is 13.4. The Hall–Kier alpha value is -2.04. The van der Waals surface area contributed by atoms with E-state index in [1.165, 1.54) is 0 Å². The van der Waals surface area contributed by atoms with Crippen molar-refractivity contribution in [2.75, 3.05) is 18.5 Å². The Bertz CT molecular complexity index is 501. The first-order valence-corrected chi connectivity index (χ1v) is 6.32. The van der Waals surface area contributed by atoms with Crippen LogP contribution >= 0.6 is 0 Å². The van der Waals surface area contributed by atoms with Crippen LogP contribution in [0, 0.1) is 6.92 Å². The molecule has 0 aromatic heterocycles. The summed E-state index contributed by atoms with van der Waals surface area (Å²) in [5.41, 5.74) is 1.94. The van der Waals surface area contributed by atoms with Gasteiger partial charge in [-0.1, -0.05) is 18.2 Å². The monoisotopic (exact) mass is 262 g/mol. The highest BCUT2D eigenvalue weighted by molar-refractivity contribution is 5.95. The van der Waals surface area contributed by atoms with Gasteiger partial charge in [-0.25, -0.2) is 4.79 Å². The van der Waals surface area contributed by atoms with Crippen LogP contribution in [0.3, 0.4) is 0 Å². The number of carboxylic acid groups (broad SMARTS) is 1. The van der Waals surface area contributed by atoms with Gasteiger partial charge in [-0.05, 0) is 25.0 Å². The van der Waals surface area contributed by atoms with Gasteiger partial charge in [-0.3, -0.25) is 9.69 Å². The normalized spacial score (nSPS) is 19.1. The number of amides is 2. The summed E-state index contributed by atoms with van der Waals surface area (Å²) < 4.78 is 0. The zero-order valence-corrected chi connectivity index (χ0v) is 11.2. The molecular formula is C14H18N2O3. The van der Waals surface area contributed by atoms with E-state index < -0.39 is 5.97 Å². The quantitative estimate of drug-likeness (QED) is 0.904. The molecule has 1 atom stereocenters. The highest BCUT2D eigenvalue weighted by Gasteiger charge is 2.35. The third-order valence-corrected chi connectivity index (χ3v) is 3.57. The van der Waals surface area contributed by atoms with Crippen molar-refractivity contribution in [3.63, 3.8) is 0 Å². The molecule has 1 aliphatic heterocycles. The van der Waals surface area contributed by atoms with Crippen molar-refractivity contribution in [2.24, 2.45) is 0 Å². The van der Waals surface area contributed by atoms with Gasteiger partial charge < -0.3 is 10.0 Å². The molecule has 5 nitrogen and oxygen atoms in total. The minimum atomic E-state index is -0.824. The third-order valence-electron chi connectivity index (χ3n) is 3.57. The van der Waals surface area contributed by atoms with E-state index in [1.807, 2.05) is 31.2 Å². The predicted molar refractivity (Wildman–Crippen MR) is 72.3 cm³/mol. The Morgan fingerprint density at radius 3 is 2.74 bits per heavy atom. The molecule has 0 radical (unpaired) electrons. The van der Waals surface area contributed by atoms with Crippen LogP contribution in [0.1, 0.15) is 18.4 Å². The molecule has 1 unspecified atom stereocenters. The van der Waals surface area contributed by atoms with E-state index >= 15 is 0 Å². The maximum absolute atomic E-state index is 12.2. The van der Waals surface area contributed by atoms with E-state index in [-0.39, 0.29) is 18.5 Å². The van der Waals surface area contributed by atoms with Crippen LogP contribution in [-0.4, -0.2) is 41.6 Å². The molecule has 0 saturated carbocycles. The van der Waals surface area contributed by atoms with Gasteiger partial charge in [0.05, 0.1) is 6.04 Å². The molecule has 1 heterocycles. The van der Waals surface area contributed by atoms with Crippen molar-refractivity contribution in [3.05, 3.63) is 29.8 Å². The number of aryl methyl sites for hydroxylation is 1. The number of urea groups is 1. The lowest BCUT2D eigenvalue weighted by atomic mass is 10.1. The fraction of sp³-hybridized carbons (Fsp3) is 0.429. The summed E-state index contributed by atoms with van der Waals surface area (Å²) in [6.07, 6.45) is 0.573. The Balaban J connectivity index is 2.14. The van der Waals surface area contributed by atoms with Crippen LogP contribution < -0.4 is 4.90 Å². The Morgan fingerprint density at radius 2 is 2.11 bits per heavy atom. The van der Waals surface area contributed by atoms with E-state index in [0.717, 1.165) is 11.3 Å². The van der Waals surface area contributed by atoms with E-state index in [4.69, 9.17) is 5.11 Å². The Kier molecular flexibility index (Phi) is 3.74. The second-order valence-electron chi connectivity index (χ2n) is 4.88. The van der Waals surface area contributed by atoms with E-state index in [0.29, 0.717) is 13.0 Å². The molecule has 1 aromatic carbocycles. The highest BCUT2D eigenvalue weighted by atomic mass is 16.4. The van der Waals surface area contributed by atoms with Crippen LogP contribution in [0.15, 0.2) is 24.3 Å². The summed E-state index contributed by atoms with van der Waals surface area (Å²) >= 11 is 0. The Labute approximate surface area is 112 Å². The largest absolute Gasteiger partial charge is 0.481 e. The lowest BCUT2D eigenvalue weighted by molar-refractivity contribution is -0.137. The van der Waals surface area contributed by atoms with Crippen molar-refractivity contribution in [2.45, 2.75) is 25.8 Å². The number of aliphatic carboxylic acids is 1. The molecule has 0 bridgehead atoms. The standard InChI is InChI=1S/C14H18N2O3/c1-10-5-3-4-6-12(10)16-9-11(7-8-13(17)18)15(2)14(16)19/h3-6,11H,7-9H2,1-2H3,(H,17,18). The molecule has 5 heteroatoms. The molecule has 2 rings (SSSR count). The van der Waals surface area contributed by atoms with Crippen LogP contribution in [0.5, 0.6) is 0 Å². The van der Waals surface area contributed by atoms with Gasteiger partial charge in [0.2, 0.25) is 0 Å². The summed E-state index contributed by atoms with van der Waals surface area (Å²) in [6, 6.07) is 7.62. The van der Waals surface area contributed by atoms with Gasteiger partial charge >= 0.3 is 12.0 Å². The van der Waals surface area contributed by atoms with Crippen LogP contribution in [0.4, 0.5) is 10.5 Å². The number of carboxylic acids is 1. The smallest absolute Gasteiger partial charge is 0.324 e. The average Bonchev–Trinajstić information content (AvgIpc) is 2.65. The topological polar surface area (TPSA) is 60.9 Å². The highest BCUT2D eigenvalue weighted by Crippen LogP contribution is 2.27. The minimum absolute atomic E-state index is 0.0387. The number of carbonyl (C=O) groups is 2. The fourth-order valence-corrected chi connectivity index (χ4v) is 2.40. The van der Waals surface area contributed by atoms with Crippen LogP contribution in [-0.2, 0) is 4.79 Å². The number of hydrogen-bond donors (Lipinski definition) is 1. The summed E-state index contributed by atoms with van der Waals surface area (Å²) in [6.45, 7) is 2.51. The summed E-state index contributed by atoms with van der Waals surface area (Å²) in [5.74, 6) is -0.824. The number of nitrogens with zero attached hydrogens (tertiary/aromatic N) is 2. The predicted octanol–water partition coefficient (Wildman–Crippen LogP) is 2.10. The average molecular weight is 262 g/mol. The second-order valence-corrected chi connectivity index (χ2v) is 4.88. The lowest BCUT2D eigenvalue weighted by Crippen LogP contribution is -2.31. The number of benzene rings is 1. The molecule has 1 fully saturated rings. The first-order chi connectivity index (χ1) is 9.00. The van der Waals surface area contributed by atoms with Gasteiger partial charge in [0.1, 0.15) is 0 Å². The maximum Gasteiger partial charge on any atom is 0.324 e. The van der Waals surface area contributed by atoms with E-state index in [1.54, 1.807) is 16.8 Å². The summed E-state index contributed by atoms with van der Waals surface area (Å²) in [5, 5.41) is 8.74. The first-order valence-electron chi connectivity index (χ1n) is 6.32. The molecule has 2 amide bonds. The molecule has 0 aliphatic carbocycles. The van der Waals surface area contributed by atoms with Gasteiger partial charge in [-0.2, -0.15) is 0 Å². The van der Waals surface area contributed by atoms with Crippen molar-refractivity contribution in [3.8, 4) is 0 Å². The Morgan fingerprint density at radius 1 is 1.42 bits per heavy atom. The maximum atomic E-state index is 12.2. The molecule has 1 aliphatic rings. The van der Waals surface area contributed by atoms with Gasteiger partial charge in [0.15, 0.2) is 0 Å². The molecular weight excluding hydrogens is 244 g/mol. The molecule has 0 spiro atoms. The summed E-state index contributed by atoms with van der Waals surface area (Å²) in [4.78, 5) is 26.2. The second kappa shape index (κ2) is 5.30. The SMILES string of the molecule is Cc1ccccc1N1CC(CCC(=O)O)N(C)C1=O.